The number of ether oxygens (including phenoxy) is 1. The minimum absolute atomic E-state index is 0.220. The molecule has 2 aromatic rings. The fraction of sp³-hybridized carbons (Fsp3) is 0.263. The Kier molecular flexibility index (Phi) is 5.24. The van der Waals surface area contributed by atoms with Crippen LogP contribution in [0.5, 0.6) is 5.75 Å². The first kappa shape index (κ1) is 17.3. The summed E-state index contributed by atoms with van der Waals surface area (Å²) in [5.74, 6) is -1.11. The predicted octanol–water partition coefficient (Wildman–Crippen LogP) is 2.70. The number of hydrogen-bond donors (Lipinski definition) is 2. The summed E-state index contributed by atoms with van der Waals surface area (Å²) in [4.78, 5) is 24.0. The van der Waals surface area contributed by atoms with Gasteiger partial charge in [-0.3, -0.25) is 4.79 Å². The van der Waals surface area contributed by atoms with Crippen LogP contribution >= 0.6 is 11.6 Å². The summed E-state index contributed by atoms with van der Waals surface area (Å²) >= 11 is 5.99. The summed E-state index contributed by atoms with van der Waals surface area (Å²) in [6.45, 7) is 0.220. The van der Waals surface area contributed by atoms with Crippen LogP contribution in [0.1, 0.15) is 11.1 Å². The smallest absolute Gasteiger partial charge is 0.326 e. The molecule has 0 aliphatic carbocycles. The van der Waals surface area contributed by atoms with Gasteiger partial charge < -0.3 is 15.2 Å². The molecule has 3 rings (SSSR count). The van der Waals surface area contributed by atoms with Gasteiger partial charge in [0.25, 0.3) is 0 Å². The Morgan fingerprint density at radius 3 is 2.72 bits per heavy atom. The molecule has 2 N–H and O–H groups in total. The van der Waals surface area contributed by atoms with Crippen LogP contribution in [-0.4, -0.2) is 29.6 Å². The molecule has 0 fully saturated rings. The second kappa shape index (κ2) is 7.57. The van der Waals surface area contributed by atoms with E-state index >= 15 is 0 Å². The number of hydrogen-bond acceptors (Lipinski definition) is 3. The van der Waals surface area contributed by atoms with Gasteiger partial charge in [0.15, 0.2) is 0 Å². The summed E-state index contributed by atoms with van der Waals surface area (Å²) in [7, 11) is 0. The highest BCUT2D eigenvalue weighted by Crippen LogP contribution is 2.29. The molecule has 1 aliphatic heterocycles. The maximum absolute atomic E-state index is 12.5. The lowest BCUT2D eigenvalue weighted by atomic mass is 9.95. The van der Waals surface area contributed by atoms with E-state index in [1.807, 2.05) is 30.3 Å². The molecule has 0 radical (unpaired) electrons. The lowest BCUT2D eigenvalue weighted by Crippen LogP contribution is -2.47. The molecule has 25 heavy (non-hydrogen) atoms. The number of aliphatic carboxylic acids is 1. The SMILES string of the molecule is O=C(N[C@H](Cc1ccccc1)C(=O)O)C1COc2ccc(Cl)cc2C1. The number of nitrogens with one attached hydrogen (secondary N) is 1. The minimum Gasteiger partial charge on any atom is -0.492 e. The van der Waals surface area contributed by atoms with Crippen LogP contribution in [0.15, 0.2) is 48.5 Å². The third kappa shape index (κ3) is 4.31. The molecule has 1 heterocycles. The van der Waals surface area contributed by atoms with Gasteiger partial charge in [0, 0.05) is 11.4 Å². The molecule has 1 aliphatic rings. The number of amides is 1. The monoisotopic (exact) mass is 359 g/mol. The number of carbonyl (C=O) groups excluding carboxylic acids is 1. The molecule has 0 saturated carbocycles. The van der Waals surface area contributed by atoms with Crippen molar-refractivity contribution >= 4 is 23.5 Å². The fourth-order valence-corrected chi connectivity index (χ4v) is 3.07. The average molecular weight is 360 g/mol. The molecule has 6 heteroatoms. The number of fused-ring (bicyclic) bond motifs is 1. The van der Waals surface area contributed by atoms with E-state index in [0.717, 1.165) is 11.1 Å². The number of benzene rings is 2. The highest BCUT2D eigenvalue weighted by Gasteiger charge is 2.29. The Bertz CT molecular complexity index is 778. The van der Waals surface area contributed by atoms with Crippen molar-refractivity contribution in [1.82, 2.24) is 5.32 Å². The lowest BCUT2D eigenvalue weighted by Gasteiger charge is -2.26. The minimum atomic E-state index is -1.06. The third-order valence-electron chi connectivity index (χ3n) is 4.20. The summed E-state index contributed by atoms with van der Waals surface area (Å²) in [5, 5.41) is 12.6. The number of carboxylic acid groups (broad SMARTS) is 1. The van der Waals surface area contributed by atoms with E-state index in [2.05, 4.69) is 5.32 Å². The molecular formula is C19H18ClNO4. The third-order valence-corrected chi connectivity index (χ3v) is 4.43. The Morgan fingerprint density at radius 1 is 1.24 bits per heavy atom. The zero-order valence-electron chi connectivity index (χ0n) is 13.4. The first-order chi connectivity index (χ1) is 12.0. The fourth-order valence-electron chi connectivity index (χ4n) is 2.87. The van der Waals surface area contributed by atoms with Gasteiger partial charge in [-0.25, -0.2) is 4.79 Å². The number of halogens is 1. The summed E-state index contributed by atoms with van der Waals surface area (Å²) in [6.07, 6.45) is 0.706. The quantitative estimate of drug-likeness (QED) is 0.860. The van der Waals surface area contributed by atoms with Crippen molar-refractivity contribution in [2.75, 3.05) is 6.61 Å². The van der Waals surface area contributed by atoms with Crippen LogP contribution in [0.3, 0.4) is 0 Å². The summed E-state index contributed by atoms with van der Waals surface area (Å²) < 4.78 is 5.61. The molecule has 2 atom stereocenters. The van der Waals surface area contributed by atoms with Crippen LogP contribution in [0.2, 0.25) is 5.02 Å². The molecule has 0 bridgehead atoms. The lowest BCUT2D eigenvalue weighted by molar-refractivity contribution is -0.142. The topological polar surface area (TPSA) is 75.6 Å². The number of rotatable bonds is 5. The van der Waals surface area contributed by atoms with Crippen LogP contribution in [0, 0.1) is 5.92 Å². The molecule has 0 aromatic heterocycles. The van der Waals surface area contributed by atoms with E-state index in [9.17, 15) is 14.7 Å². The molecule has 130 valence electrons. The van der Waals surface area contributed by atoms with Gasteiger partial charge in [0.05, 0.1) is 5.92 Å². The van der Waals surface area contributed by atoms with Crippen LogP contribution in [-0.2, 0) is 22.4 Å². The molecule has 1 amide bonds. The van der Waals surface area contributed by atoms with Crippen molar-refractivity contribution in [3.8, 4) is 5.75 Å². The zero-order chi connectivity index (χ0) is 17.8. The van der Waals surface area contributed by atoms with Gasteiger partial charge in [-0.2, -0.15) is 0 Å². The summed E-state index contributed by atoms with van der Waals surface area (Å²) in [5.41, 5.74) is 1.71. The second-order valence-electron chi connectivity index (χ2n) is 6.05. The van der Waals surface area contributed by atoms with E-state index in [0.29, 0.717) is 17.2 Å². The normalized spacial score (nSPS) is 17.1. The van der Waals surface area contributed by atoms with E-state index in [1.54, 1.807) is 18.2 Å². The van der Waals surface area contributed by atoms with Gasteiger partial charge in [-0.05, 0) is 35.7 Å². The first-order valence-electron chi connectivity index (χ1n) is 8.01. The van der Waals surface area contributed by atoms with Crippen molar-refractivity contribution < 1.29 is 19.4 Å². The molecule has 2 aromatic carbocycles. The largest absolute Gasteiger partial charge is 0.492 e. The Labute approximate surface area is 150 Å². The number of carbonyl (C=O) groups is 2. The van der Waals surface area contributed by atoms with Gasteiger partial charge >= 0.3 is 5.97 Å². The highest BCUT2D eigenvalue weighted by atomic mass is 35.5. The summed E-state index contributed by atoms with van der Waals surface area (Å²) in [6, 6.07) is 13.5. The van der Waals surface area contributed by atoms with Crippen LogP contribution in [0.25, 0.3) is 0 Å². The van der Waals surface area contributed by atoms with E-state index < -0.39 is 17.9 Å². The van der Waals surface area contributed by atoms with Crippen molar-refractivity contribution in [2.45, 2.75) is 18.9 Å². The molecule has 1 unspecified atom stereocenters. The van der Waals surface area contributed by atoms with Crippen LogP contribution in [0.4, 0.5) is 0 Å². The maximum Gasteiger partial charge on any atom is 0.326 e. The van der Waals surface area contributed by atoms with Crippen molar-refractivity contribution in [3.63, 3.8) is 0 Å². The standard InChI is InChI=1S/C19H18ClNO4/c20-15-6-7-17-13(10-15)9-14(11-25-17)18(22)21-16(19(23)24)8-12-4-2-1-3-5-12/h1-7,10,14,16H,8-9,11H2,(H,21,22)(H,23,24)/t14?,16-/m1/s1. The Hall–Kier alpha value is -2.53. The average Bonchev–Trinajstić information content (AvgIpc) is 2.61. The molecule has 5 nitrogen and oxygen atoms in total. The predicted molar refractivity (Wildman–Crippen MR) is 93.9 cm³/mol. The molecule has 0 saturated heterocycles. The molecular weight excluding hydrogens is 342 g/mol. The van der Waals surface area contributed by atoms with E-state index in [4.69, 9.17) is 16.3 Å². The molecule has 0 spiro atoms. The van der Waals surface area contributed by atoms with Crippen molar-refractivity contribution in [2.24, 2.45) is 5.92 Å². The van der Waals surface area contributed by atoms with Gasteiger partial charge in [-0.1, -0.05) is 41.9 Å². The van der Waals surface area contributed by atoms with Crippen molar-refractivity contribution in [1.29, 1.82) is 0 Å². The van der Waals surface area contributed by atoms with Crippen LogP contribution < -0.4 is 10.1 Å². The number of carboxylic acids is 1. The highest BCUT2D eigenvalue weighted by molar-refractivity contribution is 6.30. The zero-order valence-corrected chi connectivity index (χ0v) is 14.2. The van der Waals surface area contributed by atoms with Gasteiger partial charge in [0.2, 0.25) is 5.91 Å². The maximum atomic E-state index is 12.5. The first-order valence-corrected chi connectivity index (χ1v) is 8.39. The van der Waals surface area contributed by atoms with E-state index in [1.165, 1.54) is 0 Å². The van der Waals surface area contributed by atoms with Gasteiger partial charge in [0.1, 0.15) is 18.4 Å². The Morgan fingerprint density at radius 2 is 2.00 bits per heavy atom. The van der Waals surface area contributed by atoms with E-state index in [-0.39, 0.29) is 18.9 Å². The second-order valence-corrected chi connectivity index (χ2v) is 6.49. The van der Waals surface area contributed by atoms with Gasteiger partial charge in [-0.15, -0.1) is 0 Å². The Balaban J connectivity index is 1.67. The van der Waals surface area contributed by atoms with Crippen molar-refractivity contribution in [3.05, 3.63) is 64.7 Å².